The molecule has 1 N–H and O–H groups in total. The second-order valence-electron chi connectivity index (χ2n) is 5.93. The third-order valence-electron chi connectivity index (χ3n) is 4.14. The van der Waals surface area contributed by atoms with Crippen molar-refractivity contribution < 1.29 is 4.79 Å². The molecule has 0 unspecified atom stereocenters. The van der Waals surface area contributed by atoms with Crippen LogP contribution >= 0.6 is 0 Å². The zero-order chi connectivity index (χ0) is 14.2. The summed E-state index contributed by atoms with van der Waals surface area (Å²) in [4.78, 5) is 12.3. The molecule has 0 saturated heterocycles. The van der Waals surface area contributed by atoms with Gasteiger partial charge < -0.3 is 5.32 Å². The Morgan fingerprint density at radius 2 is 1.70 bits per heavy atom. The lowest BCUT2D eigenvalue weighted by Gasteiger charge is -2.15. The number of nitrogens with one attached hydrogen (secondary N) is 1. The number of carbonyl (C=O) groups excluding carboxylic acids is 1. The zero-order valence-electron chi connectivity index (χ0n) is 11.9. The Balaban J connectivity index is 1.85. The molecule has 2 heteroatoms. The molecule has 2 aromatic carbocycles. The van der Waals surface area contributed by atoms with E-state index in [0.29, 0.717) is 5.56 Å². The molecule has 1 amide bonds. The molecule has 1 aliphatic rings. The van der Waals surface area contributed by atoms with Gasteiger partial charge in [0.2, 0.25) is 0 Å². The Morgan fingerprint density at radius 3 is 2.35 bits per heavy atom. The zero-order valence-corrected chi connectivity index (χ0v) is 11.9. The summed E-state index contributed by atoms with van der Waals surface area (Å²) < 4.78 is 0. The van der Waals surface area contributed by atoms with Crippen LogP contribution in [0.1, 0.15) is 41.3 Å². The van der Waals surface area contributed by atoms with Crippen LogP contribution in [-0.4, -0.2) is 5.91 Å². The topological polar surface area (TPSA) is 29.1 Å². The van der Waals surface area contributed by atoms with Gasteiger partial charge in [-0.25, -0.2) is 0 Å². The number of rotatable bonds is 3. The number of amides is 1. The van der Waals surface area contributed by atoms with Gasteiger partial charge in [0.05, 0.1) is 0 Å². The van der Waals surface area contributed by atoms with Crippen molar-refractivity contribution in [3.05, 3.63) is 65.2 Å². The van der Waals surface area contributed by atoms with Crippen LogP contribution in [0.4, 0.5) is 5.69 Å². The number of anilines is 1. The standard InChI is InChI=1S/C18H19NO/c1-13-7-9-14(10-8-13)17(20)19-16-6-4-3-5-15(16)18(2)11-12-18/h3-10H,11-12H2,1-2H3,(H,19,20). The molecule has 0 aromatic heterocycles. The van der Waals surface area contributed by atoms with Gasteiger partial charge in [0.1, 0.15) is 0 Å². The first-order chi connectivity index (χ1) is 9.58. The highest BCUT2D eigenvalue weighted by Gasteiger charge is 2.40. The summed E-state index contributed by atoms with van der Waals surface area (Å²) in [5.74, 6) is -0.0401. The highest BCUT2D eigenvalue weighted by Crippen LogP contribution is 2.50. The van der Waals surface area contributed by atoms with Crippen molar-refractivity contribution >= 4 is 11.6 Å². The van der Waals surface area contributed by atoms with Crippen LogP contribution in [-0.2, 0) is 5.41 Å². The van der Waals surface area contributed by atoms with Gasteiger partial charge in [-0.2, -0.15) is 0 Å². The van der Waals surface area contributed by atoms with E-state index < -0.39 is 0 Å². The molecule has 1 aliphatic carbocycles. The van der Waals surface area contributed by atoms with Crippen LogP contribution in [0.5, 0.6) is 0 Å². The van der Waals surface area contributed by atoms with E-state index in [9.17, 15) is 4.79 Å². The van der Waals surface area contributed by atoms with E-state index in [4.69, 9.17) is 0 Å². The van der Waals surface area contributed by atoms with Crippen molar-refractivity contribution in [3.63, 3.8) is 0 Å². The average molecular weight is 265 g/mol. The summed E-state index contributed by atoms with van der Waals surface area (Å²) in [6.07, 6.45) is 2.40. The first-order valence-corrected chi connectivity index (χ1v) is 7.06. The predicted octanol–water partition coefficient (Wildman–Crippen LogP) is 4.30. The van der Waals surface area contributed by atoms with Crippen molar-refractivity contribution in [1.82, 2.24) is 0 Å². The Morgan fingerprint density at radius 1 is 1.05 bits per heavy atom. The molecule has 1 saturated carbocycles. The average Bonchev–Trinajstić information content (AvgIpc) is 3.19. The third kappa shape index (κ3) is 2.46. The molecule has 3 rings (SSSR count). The van der Waals surface area contributed by atoms with Gasteiger partial charge in [0.25, 0.3) is 5.91 Å². The molecule has 0 atom stereocenters. The third-order valence-corrected chi connectivity index (χ3v) is 4.14. The van der Waals surface area contributed by atoms with Crippen LogP contribution in [0.3, 0.4) is 0 Å². The molecular formula is C18H19NO. The number of aryl methyl sites for hydroxylation is 1. The van der Waals surface area contributed by atoms with E-state index in [0.717, 1.165) is 11.3 Å². The molecular weight excluding hydrogens is 246 g/mol. The number of hydrogen-bond acceptors (Lipinski definition) is 1. The number of benzene rings is 2. The minimum Gasteiger partial charge on any atom is -0.322 e. The largest absolute Gasteiger partial charge is 0.322 e. The van der Waals surface area contributed by atoms with Gasteiger partial charge in [-0.05, 0) is 48.9 Å². The molecule has 2 nitrogen and oxygen atoms in total. The summed E-state index contributed by atoms with van der Waals surface area (Å²) in [6.45, 7) is 4.27. The number of para-hydroxylation sites is 1. The van der Waals surface area contributed by atoms with E-state index in [-0.39, 0.29) is 11.3 Å². The van der Waals surface area contributed by atoms with E-state index >= 15 is 0 Å². The summed E-state index contributed by atoms with van der Waals surface area (Å²) in [5.41, 5.74) is 4.30. The molecule has 0 aliphatic heterocycles. The monoisotopic (exact) mass is 265 g/mol. The Labute approximate surface area is 119 Å². The molecule has 1 fully saturated rings. The molecule has 0 radical (unpaired) electrons. The molecule has 0 spiro atoms. The summed E-state index contributed by atoms with van der Waals surface area (Å²) >= 11 is 0. The van der Waals surface area contributed by atoms with Gasteiger partial charge in [-0.3, -0.25) is 4.79 Å². The number of carbonyl (C=O) groups is 1. The molecule has 0 bridgehead atoms. The minimum absolute atomic E-state index is 0.0401. The van der Waals surface area contributed by atoms with Gasteiger partial charge in [0.15, 0.2) is 0 Å². The van der Waals surface area contributed by atoms with Crippen molar-refractivity contribution in [1.29, 1.82) is 0 Å². The van der Waals surface area contributed by atoms with Crippen LogP contribution in [0, 0.1) is 6.92 Å². The van der Waals surface area contributed by atoms with Gasteiger partial charge in [-0.1, -0.05) is 42.8 Å². The Bertz CT molecular complexity index is 639. The lowest BCUT2D eigenvalue weighted by molar-refractivity contribution is 0.102. The summed E-state index contributed by atoms with van der Waals surface area (Å²) in [6, 6.07) is 15.8. The minimum atomic E-state index is -0.0401. The predicted molar refractivity (Wildman–Crippen MR) is 82.2 cm³/mol. The fourth-order valence-corrected chi connectivity index (χ4v) is 2.47. The fourth-order valence-electron chi connectivity index (χ4n) is 2.47. The van der Waals surface area contributed by atoms with E-state index in [1.807, 2.05) is 49.4 Å². The maximum Gasteiger partial charge on any atom is 0.255 e. The van der Waals surface area contributed by atoms with E-state index in [2.05, 4.69) is 18.3 Å². The molecule has 0 heterocycles. The summed E-state index contributed by atoms with van der Waals surface area (Å²) in [7, 11) is 0. The lowest BCUT2D eigenvalue weighted by Crippen LogP contribution is -2.15. The fraction of sp³-hybridized carbons (Fsp3) is 0.278. The highest BCUT2D eigenvalue weighted by molar-refractivity contribution is 6.04. The maximum absolute atomic E-state index is 12.3. The lowest BCUT2D eigenvalue weighted by atomic mass is 9.96. The van der Waals surface area contributed by atoms with Crippen molar-refractivity contribution in [2.24, 2.45) is 0 Å². The van der Waals surface area contributed by atoms with E-state index in [1.165, 1.54) is 18.4 Å². The summed E-state index contributed by atoms with van der Waals surface area (Å²) in [5, 5.41) is 3.05. The van der Waals surface area contributed by atoms with Gasteiger partial charge >= 0.3 is 0 Å². The van der Waals surface area contributed by atoms with Crippen molar-refractivity contribution in [2.75, 3.05) is 5.32 Å². The smallest absolute Gasteiger partial charge is 0.255 e. The van der Waals surface area contributed by atoms with Crippen molar-refractivity contribution in [2.45, 2.75) is 32.1 Å². The second kappa shape index (κ2) is 4.78. The maximum atomic E-state index is 12.3. The molecule has 20 heavy (non-hydrogen) atoms. The first kappa shape index (κ1) is 12.9. The second-order valence-corrected chi connectivity index (χ2v) is 5.93. The molecule has 2 aromatic rings. The Kier molecular flexibility index (Phi) is 3.09. The SMILES string of the molecule is Cc1ccc(C(=O)Nc2ccccc2C2(C)CC2)cc1. The van der Waals surface area contributed by atoms with Gasteiger partial charge in [0, 0.05) is 11.3 Å². The Hall–Kier alpha value is -2.09. The number of hydrogen-bond donors (Lipinski definition) is 1. The van der Waals surface area contributed by atoms with Crippen LogP contribution in [0.25, 0.3) is 0 Å². The van der Waals surface area contributed by atoms with E-state index in [1.54, 1.807) is 0 Å². The first-order valence-electron chi connectivity index (χ1n) is 7.06. The normalized spacial score (nSPS) is 15.7. The quantitative estimate of drug-likeness (QED) is 0.880. The van der Waals surface area contributed by atoms with Crippen molar-refractivity contribution in [3.8, 4) is 0 Å². The highest BCUT2D eigenvalue weighted by atomic mass is 16.1. The van der Waals surface area contributed by atoms with Crippen LogP contribution in [0.2, 0.25) is 0 Å². The molecule has 102 valence electrons. The van der Waals surface area contributed by atoms with Gasteiger partial charge in [-0.15, -0.1) is 0 Å². The van der Waals surface area contributed by atoms with Crippen LogP contribution < -0.4 is 5.32 Å². The van der Waals surface area contributed by atoms with Crippen LogP contribution in [0.15, 0.2) is 48.5 Å².